The molecule has 0 aliphatic heterocycles. The third kappa shape index (κ3) is 3.56. The van der Waals surface area contributed by atoms with Crippen LogP contribution in [0.2, 0.25) is 0 Å². The van der Waals surface area contributed by atoms with Gasteiger partial charge in [0.2, 0.25) is 0 Å². The van der Waals surface area contributed by atoms with Crippen molar-refractivity contribution in [1.29, 1.82) is 0 Å². The Labute approximate surface area is 164 Å². The van der Waals surface area contributed by atoms with Crippen molar-refractivity contribution in [2.45, 2.75) is 20.4 Å². The number of carbonyl (C=O) groups is 1. The van der Waals surface area contributed by atoms with E-state index in [1.807, 2.05) is 32.0 Å². The first-order valence-electron chi connectivity index (χ1n) is 8.74. The van der Waals surface area contributed by atoms with Crippen molar-refractivity contribution in [1.82, 2.24) is 29.9 Å². The number of fused-ring (bicyclic) bond motifs is 1. The molecule has 4 aromatic rings. The van der Waals surface area contributed by atoms with Crippen LogP contribution in [-0.2, 0) is 6.54 Å². The Morgan fingerprint density at radius 3 is 2.79 bits per heavy atom. The van der Waals surface area contributed by atoms with Gasteiger partial charge in [0.1, 0.15) is 0 Å². The molecule has 0 spiro atoms. The topological polar surface area (TPSA) is 94.7 Å². The summed E-state index contributed by atoms with van der Waals surface area (Å²) in [7, 11) is 0. The van der Waals surface area contributed by atoms with Crippen molar-refractivity contribution in [2.24, 2.45) is 0 Å². The number of hydrogen-bond acceptors (Lipinski definition) is 6. The van der Waals surface area contributed by atoms with Crippen molar-refractivity contribution in [3.8, 4) is 5.82 Å². The van der Waals surface area contributed by atoms with E-state index in [1.54, 1.807) is 22.3 Å². The fourth-order valence-electron chi connectivity index (χ4n) is 2.95. The molecule has 0 aliphatic rings. The SMILES string of the molecule is Cc1cc(C)n(-c2ccc(=O)n(CCNC(=O)c3ccc4ncsc4c3)n2)n1. The molecular formula is C19H18N6O2S. The molecule has 142 valence electrons. The first kappa shape index (κ1) is 18.1. The second-order valence-electron chi connectivity index (χ2n) is 6.38. The van der Waals surface area contributed by atoms with Gasteiger partial charge in [-0.1, -0.05) is 0 Å². The summed E-state index contributed by atoms with van der Waals surface area (Å²) >= 11 is 1.49. The van der Waals surface area contributed by atoms with Crippen LogP contribution >= 0.6 is 11.3 Å². The van der Waals surface area contributed by atoms with Gasteiger partial charge in [-0.3, -0.25) is 9.59 Å². The van der Waals surface area contributed by atoms with E-state index in [4.69, 9.17) is 0 Å². The Morgan fingerprint density at radius 1 is 1.14 bits per heavy atom. The Bertz CT molecular complexity index is 1220. The molecule has 0 saturated carbocycles. The van der Waals surface area contributed by atoms with Crippen LogP contribution < -0.4 is 10.9 Å². The number of aromatic nitrogens is 5. The van der Waals surface area contributed by atoms with Gasteiger partial charge < -0.3 is 5.32 Å². The van der Waals surface area contributed by atoms with Gasteiger partial charge in [-0.15, -0.1) is 16.4 Å². The normalized spacial score (nSPS) is 11.1. The molecule has 0 atom stereocenters. The average Bonchev–Trinajstić information content (AvgIpc) is 3.28. The fraction of sp³-hybridized carbons (Fsp3) is 0.211. The second-order valence-corrected chi connectivity index (χ2v) is 7.27. The highest BCUT2D eigenvalue weighted by Gasteiger charge is 2.09. The number of nitrogens with zero attached hydrogens (tertiary/aromatic N) is 5. The number of hydrogen-bond donors (Lipinski definition) is 1. The molecule has 9 heteroatoms. The van der Waals surface area contributed by atoms with Gasteiger partial charge in [0.05, 0.1) is 28.0 Å². The molecule has 1 aromatic carbocycles. The molecule has 28 heavy (non-hydrogen) atoms. The molecule has 0 radical (unpaired) electrons. The van der Waals surface area contributed by atoms with Gasteiger partial charge in [0.15, 0.2) is 5.82 Å². The monoisotopic (exact) mass is 394 g/mol. The maximum Gasteiger partial charge on any atom is 0.266 e. The third-order valence-corrected chi connectivity index (χ3v) is 5.07. The van der Waals surface area contributed by atoms with Crippen LogP contribution in [0.5, 0.6) is 0 Å². The maximum atomic E-state index is 12.4. The Kier molecular flexibility index (Phi) is 4.74. The predicted octanol–water partition coefficient (Wildman–Crippen LogP) is 2.09. The third-order valence-electron chi connectivity index (χ3n) is 4.28. The minimum absolute atomic E-state index is 0.196. The van der Waals surface area contributed by atoms with Crippen molar-refractivity contribution < 1.29 is 4.79 Å². The van der Waals surface area contributed by atoms with Crippen molar-refractivity contribution >= 4 is 27.5 Å². The summed E-state index contributed by atoms with van der Waals surface area (Å²) in [6.45, 7) is 4.38. The molecule has 4 rings (SSSR count). The minimum atomic E-state index is -0.231. The lowest BCUT2D eigenvalue weighted by Crippen LogP contribution is -2.32. The van der Waals surface area contributed by atoms with E-state index in [1.165, 1.54) is 22.1 Å². The Hall–Kier alpha value is -3.33. The van der Waals surface area contributed by atoms with Gasteiger partial charge in [-0.05, 0) is 44.2 Å². The summed E-state index contributed by atoms with van der Waals surface area (Å²) < 4.78 is 3.98. The number of aryl methyl sites for hydroxylation is 2. The summed E-state index contributed by atoms with van der Waals surface area (Å²) in [5.74, 6) is 0.366. The smallest absolute Gasteiger partial charge is 0.266 e. The summed E-state index contributed by atoms with van der Waals surface area (Å²) in [6.07, 6.45) is 0. The largest absolute Gasteiger partial charge is 0.350 e. The lowest BCUT2D eigenvalue weighted by atomic mass is 10.2. The van der Waals surface area contributed by atoms with Crippen LogP contribution in [0.4, 0.5) is 0 Å². The molecule has 0 saturated heterocycles. The van der Waals surface area contributed by atoms with Crippen LogP contribution in [0.3, 0.4) is 0 Å². The van der Waals surface area contributed by atoms with Gasteiger partial charge >= 0.3 is 0 Å². The molecular weight excluding hydrogens is 376 g/mol. The Morgan fingerprint density at radius 2 is 2.00 bits per heavy atom. The molecule has 8 nitrogen and oxygen atoms in total. The Balaban J connectivity index is 1.45. The average molecular weight is 394 g/mol. The molecule has 0 aliphatic carbocycles. The van der Waals surface area contributed by atoms with Gasteiger partial charge in [-0.2, -0.15) is 5.10 Å². The summed E-state index contributed by atoms with van der Waals surface area (Å²) in [5.41, 5.74) is 4.77. The summed E-state index contributed by atoms with van der Waals surface area (Å²) in [4.78, 5) is 28.7. The number of benzene rings is 1. The summed E-state index contributed by atoms with van der Waals surface area (Å²) in [5, 5.41) is 11.6. The molecule has 0 fully saturated rings. The molecule has 1 N–H and O–H groups in total. The van der Waals surface area contributed by atoms with Crippen molar-refractivity contribution in [2.75, 3.05) is 6.54 Å². The first-order chi connectivity index (χ1) is 13.5. The molecule has 0 unspecified atom stereocenters. The number of carbonyl (C=O) groups excluding carboxylic acids is 1. The van der Waals surface area contributed by atoms with E-state index in [0.717, 1.165) is 21.6 Å². The molecule has 0 bridgehead atoms. The minimum Gasteiger partial charge on any atom is -0.350 e. The maximum absolute atomic E-state index is 12.4. The number of rotatable bonds is 5. The van der Waals surface area contributed by atoms with Crippen LogP contribution in [-0.4, -0.2) is 37.0 Å². The number of amides is 1. The second kappa shape index (κ2) is 7.35. The standard InChI is InChI=1S/C19H18N6O2S/c1-12-9-13(2)25(22-12)17-5-6-18(26)24(23-17)8-7-20-19(27)14-3-4-15-16(10-14)28-11-21-15/h3-6,9-11H,7-8H2,1-2H3,(H,20,27). The van der Waals surface area contributed by atoms with E-state index in [-0.39, 0.29) is 24.6 Å². The zero-order valence-corrected chi connectivity index (χ0v) is 16.2. The molecule has 1 amide bonds. The lowest BCUT2D eigenvalue weighted by molar-refractivity contribution is 0.0952. The van der Waals surface area contributed by atoms with Crippen LogP contribution in [0.25, 0.3) is 16.0 Å². The molecule has 3 aromatic heterocycles. The van der Waals surface area contributed by atoms with Gasteiger partial charge in [0, 0.05) is 23.9 Å². The quantitative estimate of drug-likeness (QED) is 0.559. The number of thiazole rings is 1. The van der Waals surface area contributed by atoms with Crippen LogP contribution in [0, 0.1) is 13.8 Å². The van der Waals surface area contributed by atoms with Crippen LogP contribution in [0.1, 0.15) is 21.7 Å². The highest BCUT2D eigenvalue weighted by atomic mass is 32.1. The van der Waals surface area contributed by atoms with Gasteiger partial charge in [-0.25, -0.2) is 14.3 Å². The van der Waals surface area contributed by atoms with E-state index < -0.39 is 0 Å². The van der Waals surface area contributed by atoms with Crippen molar-refractivity contribution in [3.63, 3.8) is 0 Å². The van der Waals surface area contributed by atoms with Gasteiger partial charge in [0.25, 0.3) is 11.5 Å². The fourth-order valence-corrected chi connectivity index (χ4v) is 3.66. The van der Waals surface area contributed by atoms with Crippen molar-refractivity contribution in [3.05, 3.63) is 69.2 Å². The lowest BCUT2D eigenvalue weighted by Gasteiger charge is -2.09. The van der Waals surface area contributed by atoms with E-state index in [9.17, 15) is 9.59 Å². The zero-order valence-electron chi connectivity index (χ0n) is 15.4. The molecule has 3 heterocycles. The highest BCUT2D eigenvalue weighted by Crippen LogP contribution is 2.18. The van der Waals surface area contributed by atoms with E-state index in [2.05, 4.69) is 20.5 Å². The number of nitrogens with one attached hydrogen (secondary N) is 1. The highest BCUT2D eigenvalue weighted by molar-refractivity contribution is 7.16. The summed E-state index contributed by atoms with van der Waals surface area (Å²) in [6, 6.07) is 10.4. The van der Waals surface area contributed by atoms with E-state index >= 15 is 0 Å². The zero-order chi connectivity index (χ0) is 19.7. The predicted molar refractivity (Wildman–Crippen MR) is 107 cm³/mol. The van der Waals surface area contributed by atoms with Crippen LogP contribution in [0.15, 0.2) is 46.7 Å². The first-order valence-corrected chi connectivity index (χ1v) is 9.62. The van der Waals surface area contributed by atoms with E-state index in [0.29, 0.717) is 11.4 Å².